The average Bonchev–Trinajstić information content (AvgIpc) is 2.79. The topological polar surface area (TPSA) is 89.2 Å². The van der Waals surface area contributed by atoms with Gasteiger partial charge in [-0.1, -0.05) is 30.3 Å². The van der Waals surface area contributed by atoms with Crippen LogP contribution in [0.1, 0.15) is 40.4 Å². The van der Waals surface area contributed by atoms with Crippen LogP contribution < -0.4 is 4.90 Å². The number of hydrogen-bond donors (Lipinski definition) is 0. The van der Waals surface area contributed by atoms with E-state index in [1.807, 2.05) is 17.0 Å². The second kappa shape index (κ2) is 8.18. The lowest BCUT2D eigenvalue weighted by atomic mass is 9.93. The zero-order valence-electron chi connectivity index (χ0n) is 15.8. The van der Waals surface area contributed by atoms with Crippen molar-refractivity contribution in [1.82, 2.24) is 9.97 Å². The van der Waals surface area contributed by atoms with Crippen molar-refractivity contribution in [3.8, 4) is 0 Å². The van der Waals surface area contributed by atoms with Crippen molar-refractivity contribution in [2.75, 3.05) is 18.0 Å². The van der Waals surface area contributed by atoms with Crippen LogP contribution in [0.5, 0.6) is 0 Å². The number of hydrogen-bond acceptors (Lipinski definition) is 6. The van der Waals surface area contributed by atoms with Crippen LogP contribution in [0.25, 0.3) is 0 Å². The fourth-order valence-corrected chi connectivity index (χ4v) is 3.81. The number of anilines is 1. The molecule has 4 rings (SSSR count). The smallest absolute Gasteiger partial charge is 0.293 e. The maximum Gasteiger partial charge on any atom is 0.293 e. The van der Waals surface area contributed by atoms with Gasteiger partial charge in [-0.2, -0.15) is 0 Å². The van der Waals surface area contributed by atoms with E-state index in [1.165, 1.54) is 12.4 Å². The number of nitro groups is 1. The van der Waals surface area contributed by atoms with E-state index >= 15 is 0 Å². The fraction of sp³-hybridized carbons (Fsp3) is 0.227. The lowest BCUT2D eigenvalue weighted by Crippen LogP contribution is -2.35. The van der Waals surface area contributed by atoms with E-state index in [9.17, 15) is 14.9 Å². The lowest BCUT2D eigenvalue weighted by molar-refractivity contribution is -0.384. The number of benzene rings is 2. The van der Waals surface area contributed by atoms with Crippen molar-refractivity contribution in [3.05, 3.63) is 94.1 Å². The quantitative estimate of drug-likeness (QED) is 0.373. The highest BCUT2D eigenvalue weighted by atomic mass is 16.6. The van der Waals surface area contributed by atoms with Gasteiger partial charge in [0, 0.05) is 48.1 Å². The molecule has 0 radical (unpaired) electrons. The van der Waals surface area contributed by atoms with Crippen LogP contribution >= 0.6 is 0 Å². The minimum Gasteiger partial charge on any atom is -0.365 e. The molecule has 0 aliphatic carbocycles. The normalized spacial score (nSPS) is 16.4. The number of carbonyl (C=O) groups excluding carboxylic acids is 1. The van der Waals surface area contributed by atoms with Gasteiger partial charge in [0.2, 0.25) is 0 Å². The first-order valence-corrected chi connectivity index (χ1v) is 9.52. The van der Waals surface area contributed by atoms with Crippen LogP contribution in [0.15, 0.2) is 67.1 Å². The molecular formula is C22H20N4O3. The number of carbonyl (C=O) groups is 1. The van der Waals surface area contributed by atoms with Crippen molar-refractivity contribution >= 4 is 17.2 Å². The van der Waals surface area contributed by atoms with Crippen molar-refractivity contribution in [1.29, 1.82) is 0 Å². The highest BCUT2D eigenvalue weighted by molar-refractivity contribution is 6.09. The van der Waals surface area contributed by atoms with Gasteiger partial charge in [-0.15, -0.1) is 0 Å². The van der Waals surface area contributed by atoms with Crippen molar-refractivity contribution in [2.24, 2.45) is 0 Å². The van der Waals surface area contributed by atoms with Crippen LogP contribution in [-0.2, 0) is 0 Å². The van der Waals surface area contributed by atoms with Gasteiger partial charge < -0.3 is 4.90 Å². The molecule has 2 aromatic carbocycles. The fourth-order valence-electron chi connectivity index (χ4n) is 3.81. The van der Waals surface area contributed by atoms with Gasteiger partial charge >= 0.3 is 0 Å². The molecule has 0 spiro atoms. The van der Waals surface area contributed by atoms with Crippen LogP contribution in [0.3, 0.4) is 0 Å². The summed E-state index contributed by atoms with van der Waals surface area (Å²) in [5.41, 5.74) is 2.27. The second-order valence-corrected chi connectivity index (χ2v) is 7.08. The summed E-state index contributed by atoms with van der Waals surface area (Å²) in [6.07, 6.45) is 5.14. The van der Waals surface area contributed by atoms with Gasteiger partial charge in [0.05, 0.1) is 4.92 Å². The molecule has 1 unspecified atom stereocenters. The standard InChI is InChI=1S/C22H20N4O3/c27-22(16-5-2-1-3-6-16)17-8-9-20(21(13-17)26(28)29)25-12-4-7-18(14-25)19-10-11-23-15-24-19/h1-3,5-6,8-11,13,15,18H,4,7,12,14H2. The predicted molar refractivity (Wildman–Crippen MR) is 109 cm³/mol. The summed E-state index contributed by atoms with van der Waals surface area (Å²) in [5.74, 6) is -0.0327. The van der Waals surface area contributed by atoms with E-state index in [2.05, 4.69) is 9.97 Å². The van der Waals surface area contributed by atoms with Crippen molar-refractivity contribution in [3.63, 3.8) is 0 Å². The Balaban J connectivity index is 1.63. The Morgan fingerprint density at radius 1 is 1.10 bits per heavy atom. The molecule has 0 bridgehead atoms. The van der Waals surface area contributed by atoms with E-state index in [1.54, 1.807) is 42.6 Å². The van der Waals surface area contributed by atoms with E-state index in [0.717, 1.165) is 25.1 Å². The molecule has 7 nitrogen and oxygen atoms in total. The van der Waals surface area contributed by atoms with Gasteiger partial charge in [-0.25, -0.2) is 9.97 Å². The Kier molecular flexibility index (Phi) is 5.29. The van der Waals surface area contributed by atoms with Gasteiger partial charge in [-0.05, 0) is 31.0 Å². The largest absolute Gasteiger partial charge is 0.365 e. The van der Waals surface area contributed by atoms with Gasteiger partial charge in [0.15, 0.2) is 5.78 Å². The third kappa shape index (κ3) is 3.99. The first-order chi connectivity index (χ1) is 14.1. The second-order valence-electron chi connectivity index (χ2n) is 7.08. The molecule has 7 heteroatoms. The molecule has 1 aromatic heterocycles. The molecule has 1 aliphatic heterocycles. The Morgan fingerprint density at radius 2 is 1.93 bits per heavy atom. The summed E-state index contributed by atoms with van der Waals surface area (Å²) in [7, 11) is 0. The number of aromatic nitrogens is 2. The molecule has 0 N–H and O–H groups in total. The minimum atomic E-state index is -0.411. The number of nitrogens with zero attached hydrogens (tertiary/aromatic N) is 4. The van der Waals surface area contributed by atoms with E-state index in [4.69, 9.17) is 0 Å². The Bertz CT molecular complexity index is 1020. The highest BCUT2D eigenvalue weighted by Crippen LogP contribution is 2.35. The maximum atomic E-state index is 12.7. The lowest BCUT2D eigenvalue weighted by Gasteiger charge is -2.33. The van der Waals surface area contributed by atoms with Crippen LogP contribution in [0.2, 0.25) is 0 Å². The van der Waals surface area contributed by atoms with Crippen molar-refractivity contribution in [2.45, 2.75) is 18.8 Å². The monoisotopic (exact) mass is 388 g/mol. The summed E-state index contributed by atoms with van der Waals surface area (Å²) in [6, 6.07) is 15.4. The number of nitro benzene ring substituents is 1. The van der Waals surface area contributed by atoms with Gasteiger partial charge in [-0.3, -0.25) is 14.9 Å². The number of rotatable bonds is 5. The van der Waals surface area contributed by atoms with E-state index in [0.29, 0.717) is 23.4 Å². The summed E-state index contributed by atoms with van der Waals surface area (Å²) >= 11 is 0. The van der Waals surface area contributed by atoms with Crippen molar-refractivity contribution < 1.29 is 9.72 Å². The molecule has 1 fully saturated rings. The van der Waals surface area contributed by atoms with Gasteiger partial charge in [0.25, 0.3) is 5.69 Å². The third-order valence-corrected chi connectivity index (χ3v) is 5.26. The Labute approximate surface area is 168 Å². The average molecular weight is 388 g/mol. The molecule has 1 atom stereocenters. The predicted octanol–water partition coefficient (Wildman–Crippen LogP) is 4.00. The molecule has 2 heterocycles. The number of ketones is 1. The first kappa shape index (κ1) is 18.7. The maximum absolute atomic E-state index is 12.7. The summed E-state index contributed by atoms with van der Waals surface area (Å²) in [5, 5.41) is 11.8. The molecule has 0 amide bonds. The third-order valence-electron chi connectivity index (χ3n) is 5.26. The Morgan fingerprint density at radius 3 is 2.66 bits per heavy atom. The highest BCUT2D eigenvalue weighted by Gasteiger charge is 2.28. The summed E-state index contributed by atoms with van der Waals surface area (Å²) in [6.45, 7) is 1.37. The SMILES string of the molecule is O=C(c1ccccc1)c1ccc(N2CCCC(c3ccncn3)C2)c([N+](=O)[O-])c1. The molecule has 0 saturated carbocycles. The summed E-state index contributed by atoms with van der Waals surface area (Å²) in [4.78, 5) is 34.4. The van der Waals surface area contributed by atoms with Gasteiger partial charge in [0.1, 0.15) is 12.0 Å². The molecule has 29 heavy (non-hydrogen) atoms. The molecule has 1 saturated heterocycles. The molecule has 1 aliphatic rings. The molecule has 146 valence electrons. The van der Waals surface area contributed by atoms with E-state index < -0.39 is 4.92 Å². The first-order valence-electron chi connectivity index (χ1n) is 9.52. The summed E-state index contributed by atoms with van der Waals surface area (Å²) < 4.78 is 0. The van der Waals surface area contributed by atoms with E-state index in [-0.39, 0.29) is 17.4 Å². The minimum absolute atomic E-state index is 0.0462. The number of piperidine rings is 1. The Hall–Kier alpha value is -3.61. The van der Waals surface area contributed by atoms with Crippen LogP contribution in [0, 0.1) is 10.1 Å². The zero-order chi connectivity index (χ0) is 20.2. The zero-order valence-corrected chi connectivity index (χ0v) is 15.8. The molecular weight excluding hydrogens is 368 g/mol. The van der Waals surface area contributed by atoms with Crippen LogP contribution in [-0.4, -0.2) is 33.8 Å². The van der Waals surface area contributed by atoms with Crippen LogP contribution in [0.4, 0.5) is 11.4 Å². The molecule has 3 aromatic rings.